The van der Waals surface area contributed by atoms with Crippen molar-refractivity contribution in [1.29, 1.82) is 0 Å². The summed E-state index contributed by atoms with van der Waals surface area (Å²) in [5.41, 5.74) is -3.06. The van der Waals surface area contributed by atoms with E-state index in [1.807, 2.05) is 0 Å². The van der Waals surface area contributed by atoms with E-state index in [0.29, 0.717) is 16.7 Å². The second-order valence-corrected chi connectivity index (χ2v) is 11.9. The van der Waals surface area contributed by atoms with E-state index in [4.69, 9.17) is 0 Å². The maximum absolute atomic E-state index is 13.9. The number of carbonyl (C=O) groups is 1. The first-order chi connectivity index (χ1) is 19.9. The summed E-state index contributed by atoms with van der Waals surface area (Å²) in [6.45, 7) is -1.10. The Morgan fingerprint density at radius 3 is 2.07 bits per heavy atom. The fraction of sp³-hybridized carbons (Fsp3) is 0.138. The van der Waals surface area contributed by atoms with Crippen LogP contribution >= 0.6 is 8.46 Å². The van der Waals surface area contributed by atoms with E-state index >= 15 is 0 Å². The quantitative estimate of drug-likeness (QED) is 0.157. The van der Waals surface area contributed by atoms with E-state index in [1.54, 1.807) is 30.3 Å². The van der Waals surface area contributed by atoms with Crippen LogP contribution in [0.25, 0.3) is 11.1 Å². The summed E-state index contributed by atoms with van der Waals surface area (Å²) < 4.78 is 67.3. The number of aromatic carboxylic acids is 1. The van der Waals surface area contributed by atoms with Crippen LogP contribution in [0.5, 0.6) is 11.5 Å². The monoisotopic (exact) mass is 615 g/mol. The molecule has 0 unspecified atom stereocenters. The van der Waals surface area contributed by atoms with Gasteiger partial charge in [-0.05, 0) is 58.1 Å². The van der Waals surface area contributed by atoms with Crippen molar-refractivity contribution in [2.75, 3.05) is 0 Å². The second-order valence-electron chi connectivity index (χ2n) is 9.26. The minimum absolute atomic E-state index is 0.145. The van der Waals surface area contributed by atoms with E-state index in [2.05, 4.69) is 0 Å². The van der Waals surface area contributed by atoms with Gasteiger partial charge in [0.1, 0.15) is 17.1 Å². The molecule has 0 aliphatic carbocycles. The van der Waals surface area contributed by atoms with Crippen molar-refractivity contribution in [2.24, 2.45) is 0 Å². The van der Waals surface area contributed by atoms with Gasteiger partial charge >= 0.3 is 11.6 Å². The van der Waals surface area contributed by atoms with Crippen molar-refractivity contribution in [3.8, 4) is 22.6 Å². The fourth-order valence-corrected chi connectivity index (χ4v) is 6.25. The van der Waals surface area contributed by atoms with Gasteiger partial charge in [0.05, 0.1) is 17.1 Å². The number of rotatable bonds is 11. The lowest BCUT2D eigenvalue weighted by atomic mass is 10.0. The fourth-order valence-electron chi connectivity index (χ4n) is 4.33. The molecule has 9 nitrogen and oxygen atoms in total. The highest BCUT2D eigenvalue weighted by Crippen LogP contribution is 2.43. The van der Waals surface area contributed by atoms with Crippen molar-refractivity contribution in [3.05, 3.63) is 113 Å². The minimum Gasteiger partial charge on any atom is -0.507 e. The molecule has 0 bridgehead atoms. The van der Waals surface area contributed by atoms with Crippen molar-refractivity contribution in [1.82, 2.24) is 4.31 Å². The molecule has 0 spiro atoms. The molecule has 0 aliphatic heterocycles. The van der Waals surface area contributed by atoms with Gasteiger partial charge in [0, 0.05) is 13.1 Å². The zero-order valence-corrected chi connectivity index (χ0v) is 23.4. The third-order valence-corrected chi connectivity index (χ3v) is 8.86. The molecule has 0 amide bonds. The van der Waals surface area contributed by atoms with Crippen LogP contribution in [0.2, 0.25) is 0 Å². The highest BCUT2D eigenvalue weighted by molar-refractivity contribution is 7.89. The van der Waals surface area contributed by atoms with Crippen LogP contribution in [0.1, 0.15) is 32.6 Å². The Morgan fingerprint density at radius 1 is 0.833 bits per heavy atom. The number of carboxylic acid groups (broad SMARTS) is 1. The summed E-state index contributed by atoms with van der Waals surface area (Å²) in [5, 5.41) is 39.0. The van der Waals surface area contributed by atoms with E-state index in [1.165, 1.54) is 42.5 Å². The topological polar surface area (TPSA) is 152 Å². The van der Waals surface area contributed by atoms with Gasteiger partial charge in [0.2, 0.25) is 18.5 Å². The van der Waals surface area contributed by atoms with Gasteiger partial charge in [-0.3, -0.25) is 4.57 Å². The molecule has 4 aromatic carbocycles. The van der Waals surface area contributed by atoms with Crippen LogP contribution < -0.4 is 0 Å². The van der Waals surface area contributed by atoms with Crippen LogP contribution in [0.15, 0.2) is 89.8 Å². The van der Waals surface area contributed by atoms with Gasteiger partial charge in [-0.25, -0.2) is 13.2 Å². The predicted molar refractivity (Wildman–Crippen MR) is 149 cm³/mol. The molecule has 13 heteroatoms. The van der Waals surface area contributed by atoms with Crippen molar-refractivity contribution in [3.63, 3.8) is 0 Å². The lowest BCUT2D eigenvalue weighted by Gasteiger charge is -2.24. The molecule has 0 saturated heterocycles. The summed E-state index contributed by atoms with van der Waals surface area (Å²) in [7, 11) is -5.79. The van der Waals surface area contributed by atoms with Gasteiger partial charge in [-0.1, -0.05) is 54.6 Å². The lowest BCUT2D eigenvalue weighted by Crippen LogP contribution is -2.31. The summed E-state index contributed by atoms with van der Waals surface area (Å²) in [6, 6.07) is 19.5. The predicted octanol–water partition coefficient (Wildman–Crippen LogP) is 5.69. The van der Waals surface area contributed by atoms with E-state index < -0.39 is 48.0 Å². The molecular weight excluding hydrogens is 591 g/mol. The molecule has 218 valence electrons. The average Bonchev–Trinajstić information content (AvgIpc) is 2.97. The minimum atomic E-state index is -4.28. The molecule has 4 rings (SSSR count). The zero-order valence-electron chi connectivity index (χ0n) is 21.7. The molecule has 0 saturated carbocycles. The van der Waals surface area contributed by atoms with Crippen molar-refractivity contribution in [2.45, 2.75) is 30.3 Å². The standard InChI is InChI=1S/C29H24F2NO8PS/c30-29(31,41-38)24-11-7-19(13-26(24)35)16-32(42(39,40)27-4-2-1-3-22(27)17-33)15-18-5-8-20(9-6-18)21-10-12-25(34)23(14-21)28(36)37/h1-14,33-35H,15-17H2,(H,36,37). The number of hydrogen-bond acceptors (Lipinski definition) is 7. The highest BCUT2D eigenvalue weighted by Gasteiger charge is 2.36. The van der Waals surface area contributed by atoms with Crippen LogP contribution in [0, 0.1) is 0 Å². The Hall–Kier alpha value is -4.22. The number of halogens is 2. The number of alkyl halides is 2. The number of aliphatic hydroxyl groups is 1. The van der Waals surface area contributed by atoms with E-state index in [0.717, 1.165) is 16.4 Å². The Morgan fingerprint density at radius 2 is 1.45 bits per heavy atom. The number of aromatic hydroxyl groups is 2. The van der Waals surface area contributed by atoms with Crippen LogP contribution in [0.3, 0.4) is 0 Å². The van der Waals surface area contributed by atoms with Gasteiger partial charge in [0.15, 0.2) is 0 Å². The molecule has 0 atom stereocenters. The molecule has 4 N–H and O–H groups in total. The first kappa shape index (κ1) is 30.7. The number of sulfonamides is 1. The average molecular weight is 616 g/mol. The normalized spacial score (nSPS) is 12.1. The third kappa shape index (κ3) is 6.47. The van der Waals surface area contributed by atoms with Gasteiger partial charge in [-0.2, -0.15) is 13.1 Å². The Balaban J connectivity index is 1.71. The number of benzene rings is 4. The molecule has 0 aliphatic rings. The van der Waals surface area contributed by atoms with Crippen LogP contribution in [-0.4, -0.2) is 39.1 Å². The van der Waals surface area contributed by atoms with Gasteiger partial charge in [-0.15, -0.1) is 0 Å². The van der Waals surface area contributed by atoms with Gasteiger partial charge in [0.25, 0.3) is 0 Å². The third-order valence-electron chi connectivity index (χ3n) is 6.49. The molecule has 0 fully saturated rings. The molecule has 0 heterocycles. The Bertz CT molecular complexity index is 1750. The number of aliphatic hydroxyl groups excluding tert-OH is 1. The summed E-state index contributed by atoms with van der Waals surface area (Å²) in [4.78, 5) is 11.2. The Kier molecular flexibility index (Phi) is 9.03. The molecule has 4 aromatic rings. The summed E-state index contributed by atoms with van der Waals surface area (Å²) in [5.74, 6) is -2.54. The first-order valence-electron chi connectivity index (χ1n) is 12.3. The van der Waals surface area contributed by atoms with Crippen molar-refractivity contribution >= 4 is 24.5 Å². The Labute approximate surface area is 241 Å². The molecule has 42 heavy (non-hydrogen) atoms. The maximum atomic E-state index is 13.9. The molecular formula is C29H24F2NO8PS. The number of phenols is 2. The number of hydrogen-bond donors (Lipinski definition) is 4. The van der Waals surface area contributed by atoms with E-state index in [9.17, 15) is 47.0 Å². The van der Waals surface area contributed by atoms with E-state index in [-0.39, 0.29) is 40.4 Å². The first-order valence-corrected chi connectivity index (χ1v) is 14.5. The molecule has 0 radical (unpaired) electrons. The van der Waals surface area contributed by atoms with Crippen LogP contribution in [0.4, 0.5) is 8.78 Å². The molecule has 0 aromatic heterocycles. The smallest absolute Gasteiger partial charge is 0.353 e. The maximum Gasteiger partial charge on any atom is 0.353 e. The highest BCUT2D eigenvalue weighted by atomic mass is 32.2. The lowest BCUT2D eigenvalue weighted by molar-refractivity contribution is 0.0693. The second kappa shape index (κ2) is 12.3. The number of nitrogens with zero attached hydrogens (tertiary/aromatic N) is 1. The van der Waals surface area contributed by atoms with Gasteiger partial charge < -0.3 is 20.4 Å². The number of carboxylic acids is 1. The largest absolute Gasteiger partial charge is 0.507 e. The SMILES string of the molecule is O=PC(F)(F)c1ccc(CN(Cc2ccc(-c3ccc(O)c(C(=O)O)c3)cc2)S(=O)(=O)c2ccccc2CO)cc1O. The summed E-state index contributed by atoms with van der Waals surface area (Å²) in [6.07, 6.45) is 0. The van der Waals surface area contributed by atoms with Crippen LogP contribution in [-0.2, 0) is 39.9 Å². The van der Waals surface area contributed by atoms with Crippen molar-refractivity contribution < 1.29 is 47.0 Å². The zero-order chi connectivity index (χ0) is 30.7. The summed E-state index contributed by atoms with van der Waals surface area (Å²) >= 11 is 0. The number of phenolic OH excluding ortho intramolecular Hbond substituents is 1.